The van der Waals surface area contributed by atoms with Crippen molar-refractivity contribution in [2.24, 2.45) is 0 Å². The summed E-state index contributed by atoms with van der Waals surface area (Å²) in [6.07, 6.45) is 6.67. The summed E-state index contributed by atoms with van der Waals surface area (Å²) >= 11 is 0. The molecule has 0 saturated heterocycles. The lowest BCUT2D eigenvalue weighted by molar-refractivity contribution is 0.443. The van der Waals surface area contributed by atoms with Crippen LogP contribution in [-0.2, 0) is 0 Å². The first-order valence-electron chi connectivity index (χ1n) is 33.7. The van der Waals surface area contributed by atoms with Gasteiger partial charge < -0.3 is 37.3 Å². The van der Waals surface area contributed by atoms with Crippen molar-refractivity contribution in [2.45, 2.75) is 57.7 Å². The van der Waals surface area contributed by atoms with Gasteiger partial charge >= 0.3 is 0 Å². The quantitative estimate of drug-likeness (QED) is 0.0981. The van der Waals surface area contributed by atoms with E-state index in [-0.39, 0.29) is 40.3 Å². The first kappa shape index (κ1) is 66.6. The average Bonchev–Trinajstić information content (AvgIpc) is 1.62. The van der Waals surface area contributed by atoms with E-state index in [0.717, 1.165) is 94.2 Å². The van der Waals surface area contributed by atoms with Crippen LogP contribution in [0, 0.1) is 40.4 Å². The molecule has 0 atom stereocenters. The van der Waals surface area contributed by atoms with Gasteiger partial charge in [0.2, 0.25) is 0 Å². The zero-order valence-electron chi connectivity index (χ0n) is 57.0. The minimum Gasteiger partial charge on any atom is -0.451 e. The fourth-order valence-corrected chi connectivity index (χ4v) is 14.9. The number of hydrogen-bond acceptors (Lipinski definition) is 9. The maximum atomic E-state index is 14.2. The molecule has 0 amide bonds. The van der Waals surface area contributed by atoms with E-state index >= 15 is 0 Å². The second-order valence-corrected chi connectivity index (χ2v) is 31.7. The topological polar surface area (TPSA) is 89.3 Å². The number of para-hydroxylation sites is 8. The Hall–Kier alpha value is -11.6. The molecule has 9 nitrogen and oxygen atoms in total. The van der Waals surface area contributed by atoms with Gasteiger partial charge in [0.05, 0.1) is 42.5 Å². The lowest BCUT2D eigenvalue weighted by Gasteiger charge is -2.24. The van der Waals surface area contributed by atoms with E-state index in [9.17, 15) is 22.0 Å². The second-order valence-electron chi connectivity index (χ2n) is 26.6. The van der Waals surface area contributed by atoms with Crippen LogP contribution in [0.4, 0.5) is 67.5 Å². The van der Waals surface area contributed by atoms with Crippen LogP contribution in [0.2, 0.25) is 19.6 Å². The Kier molecular flexibility index (Phi) is 18.4. The van der Waals surface area contributed by atoms with Gasteiger partial charge in [0.1, 0.15) is 5.82 Å². The normalized spacial score (nSPS) is 12.5. The molecule has 12 aromatic carbocycles. The molecule has 1 saturated carbocycles. The van der Waals surface area contributed by atoms with Crippen molar-refractivity contribution in [1.82, 2.24) is 0 Å². The molecule has 0 aliphatic heterocycles. The maximum absolute atomic E-state index is 14.2. The van der Waals surface area contributed by atoms with Crippen LogP contribution < -0.4 is 24.8 Å². The summed E-state index contributed by atoms with van der Waals surface area (Å²) in [4.78, 5) is 8.07. The molecular formula is C86H72F5N5O4Si. The van der Waals surface area contributed by atoms with Crippen LogP contribution in [-0.4, -0.2) is 36.3 Å². The van der Waals surface area contributed by atoms with Crippen molar-refractivity contribution in [3.8, 4) is 6.07 Å². The van der Waals surface area contributed by atoms with Crippen molar-refractivity contribution in [3.63, 3.8) is 0 Å². The molecule has 0 spiro atoms. The van der Waals surface area contributed by atoms with Gasteiger partial charge in [0.25, 0.3) is 0 Å². The highest BCUT2D eigenvalue weighted by Gasteiger charge is 2.23. The van der Waals surface area contributed by atoms with E-state index in [1.165, 1.54) is 79.3 Å². The van der Waals surface area contributed by atoms with Crippen molar-refractivity contribution in [1.29, 1.82) is 5.26 Å². The van der Waals surface area contributed by atoms with Crippen LogP contribution in [0.1, 0.15) is 49.1 Å². The van der Waals surface area contributed by atoms with Gasteiger partial charge in [-0.25, -0.2) is 22.0 Å². The Balaban J connectivity index is 0.000000115. The number of anilines is 8. The number of fused-ring (bicyclic) bond motifs is 12. The highest BCUT2D eigenvalue weighted by atomic mass is 28.3. The number of hydrogen-bond donors (Lipinski definition) is 0. The maximum Gasteiger partial charge on any atom is 0.171 e. The molecule has 16 aromatic rings. The number of nitriles is 1. The minimum atomic E-state index is -1.32. The fourth-order valence-electron chi connectivity index (χ4n) is 13.7. The van der Waals surface area contributed by atoms with Crippen LogP contribution in [0.5, 0.6) is 0 Å². The van der Waals surface area contributed by atoms with Gasteiger partial charge in [0.15, 0.2) is 67.9 Å². The SMILES string of the molecule is CN(c1ccc(C#N)cc1)c1cccc2c1oc1c(F)cccc12.CN(c1ccc(C2CCCCC2)cc1)c1cccc2c1oc1c(F)cccc12.CN(c1ccc(F)cc1)c1cccc2c1oc1c(F)cccc12.CN(c1ccc([Si](C)(C)C)cc1)c1cccc2c1oc1c(F)cccc12. The Bertz CT molecular complexity index is 5730. The molecule has 4 aromatic heterocycles. The molecule has 15 heteroatoms. The molecule has 4 heterocycles. The highest BCUT2D eigenvalue weighted by molar-refractivity contribution is 6.88. The second kappa shape index (κ2) is 28.0. The summed E-state index contributed by atoms with van der Waals surface area (Å²) in [6, 6.07) is 76.7. The molecule has 0 bridgehead atoms. The van der Waals surface area contributed by atoms with Crippen molar-refractivity contribution in [3.05, 3.63) is 283 Å². The van der Waals surface area contributed by atoms with Gasteiger partial charge in [-0.2, -0.15) is 5.26 Å². The Labute approximate surface area is 582 Å². The zero-order valence-corrected chi connectivity index (χ0v) is 58.0. The summed E-state index contributed by atoms with van der Waals surface area (Å²) in [6.45, 7) is 7.03. The Morgan fingerprint density at radius 2 is 0.594 bits per heavy atom. The number of halogens is 5. The summed E-state index contributed by atoms with van der Waals surface area (Å²) in [5, 5.41) is 17.1. The lowest BCUT2D eigenvalue weighted by atomic mass is 9.84. The molecule has 0 unspecified atom stereocenters. The third-order valence-electron chi connectivity index (χ3n) is 19.3. The van der Waals surface area contributed by atoms with Crippen molar-refractivity contribution in [2.75, 3.05) is 47.8 Å². The van der Waals surface area contributed by atoms with Crippen LogP contribution in [0.15, 0.2) is 260 Å². The first-order valence-corrected chi connectivity index (χ1v) is 37.2. The minimum absolute atomic E-state index is 0.252. The molecular weight excluding hydrogens is 1290 g/mol. The highest BCUT2D eigenvalue weighted by Crippen LogP contribution is 2.43. The lowest BCUT2D eigenvalue weighted by Crippen LogP contribution is -2.37. The van der Waals surface area contributed by atoms with Crippen LogP contribution >= 0.6 is 0 Å². The Morgan fingerprint density at radius 3 is 0.891 bits per heavy atom. The standard InChI is InChI=1S/C25H24FNO.C22H22FNOSi.C20H13FN2O.C19H13F2NO/c1-27(19-15-13-18(14-16-19)17-7-3-2-4-8-17)23-12-6-10-21-20-9-5-11-22(26)24(20)28-25(21)23;1-24(15-11-13-16(14-12-15)26(2,3)4)20-10-6-8-18-17-7-5-9-19(23)21(17)25-22(18)20;1-23(14-10-8-13(12-22)9-11-14)18-7-3-5-16-15-4-2-6-17(21)19(15)24-20(16)18;1-22(13-10-8-12(20)9-11-13)17-7-3-5-15-14-4-2-6-16(21)18(14)23-19(15)17/h5-6,9-17H,2-4,7-8H2,1H3;5-14H,1-4H3;2-11H,1H3;2-11H,1H3. The third-order valence-corrected chi connectivity index (χ3v) is 21.4. The largest absolute Gasteiger partial charge is 0.451 e. The number of nitrogens with zero attached hydrogens (tertiary/aromatic N) is 5. The van der Waals surface area contributed by atoms with Crippen molar-refractivity contribution >= 4 is 147 Å². The molecule has 101 heavy (non-hydrogen) atoms. The first-order chi connectivity index (χ1) is 48.9. The van der Waals surface area contributed by atoms with Gasteiger partial charge in [0, 0.05) is 94.0 Å². The summed E-state index contributed by atoms with van der Waals surface area (Å²) < 4.78 is 92.9. The average molecular weight is 1360 g/mol. The summed E-state index contributed by atoms with van der Waals surface area (Å²) in [5.74, 6) is -0.975. The van der Waals surface area contributed by atoms with Crippen LogP contribution in [0.3, 0.4) is 0 Å². The molecule has 0 N–H and O–H groups in total. The van der Waals surface area contributed by atoms with Crippen molar-refractivity contribution < 1.29 is 39.6 Å². The van der Waals surface area contributed by atoms with Gasteiger partial charge in [-0.05, 0) is 146 Å². The molecule has 1 aliphatic rings. The van der Waals surface area contributed by atoms with Gasteiger partial charge in [-0.3, -0.25) is 0 Å². The van der Waals surface area contributed by atoms with E-state index in [1.54, 1.807) is 48.5 Å². The number of rotatable bonds is 10. The van der Waals surface area contributed by atoms with E-state index < -0.39 is 8.07 Å². The van der Waals surface area contributed by atoms with Gasteiger partial charge in [-0.15, -0.1) is 0 Å². The van der Waals surface area contributed by atoms with Crippen LogP contribution in [0.25, 0.3) is 87.8 Å². The monoisotopic (exact) mass is 1360 g/mol. The fraction of sp³-hybridized carbons (Fsp3) is 0.151. The molecule has 0 radical (unpaired) electrons. The van der Waals surface area contributed by atoms with E-state index in [1.807, 2.05) is 147 Å². The molecule has 17 rings (SSSR count). The number of benzene rings is 12. The zero-order chi connectivity index (χ0) is 70.2. The predicted molar refractivity (Wildman–Crippen MR) is 406 cm³/mol. The molecule has 1 fully saturated rings. The van der Waals surface area contributed by atoms with E-state index in [4.69, 9.17) is 22.9 Å². The van der Waals surface area contributed by atoms with Gasteiger partial charge in [-0.1, -0.05) is 165 Å². The number of furan rings is 4. The van der Waals surface area contributed by atoms with E-state index in [0.29, 0.717) is 39.4 Å². The summed E-state index contributed by atoms with van der Waals surface area (Å²) in [7, 11) is 6.51. The third kappa shape index (κ3) is 13.1. The Morgan fingerprint density at radius 1 is 0.327 bits per heavy atom. The van der Waals surface area contributed by atoms with E-state index in [2.05, 4.69) is 84.0 Å². The smallest absolute Gasteiger partial charge is 0.171 e. The molecule has 504 valence electrons. The summed E-state index contributed by atoms with van der Waals surface area (Å²) in [5.41, 5.74) is 13.3. The predicted octanol–water partition coefficient (Wildman–Crippen LogP) is 24.6. The molecule has 1 aliphatic carbocycles.